The van der Waals surface area contributed by atoms with E-state index in [1.54, 1.807) is 19.2 Å². The van der Waals surface area contributed by atoms with E-state index in [0.29, 0.717) is 5.76 Å². The van der Waals surface area contributed by atoms with Gasteiger partial charge in [0.1, 0.15) is 23.8 Å². The Bertz CT molecular complexity index is 989. The number of nitrogens with zero attached hydrogens (tertiary/aromatic N) is 5. The van der Waals surface area contributed by atoms with E-state index in [-0.39, 0.29) is 42.5 Å². The smallest absolute Gasteiger partial charge is 0.306 e. The Hall–Kier alpha value is -3.96. The van der Waals surface area contributed by atoms with Crippen LogP contribution >= 0.6 is 0 Å². The third-order valence-electron chi connectivity index (χ3n) is 3.83. The van der Waals surface area contributed by atoms with Crippen molar-refractivity contribution in [2.24, 2.45) is 7.05 Å². The first kappa shape index (κ1) is 18.8. The van der Waals surface area contributed by atoms with Crippen molar-refractivity contribution in [1.82, 2.24) is 24.9 Å². The van der Waals surface area contributed by atoms with Crippen LogP contribution in [0, 0.1) is 10.1 Å². The van der Waals surface area contributed by atoms with Gasteiger partial charge in [-0.15, -0.1) is 0 Å². The molecular formula is C16H17N7O5. The summed E-state index contributed by atoms with van der Waals surface area (Å²) in [4.78, 5) is 34.7. The van der Waals surface area contributed by atoms with Crippen LogP contribution in [0.4, 0.5) is 11.4 Å². The molecule has 28 heavy (non-hydrogen) atoms. The highest BCUT2D eigenvalue weighted by Gasteiger charge is 2.19. The fourth-order valence-corrected chi connectivity index (χ4v) is 2.46. The van der Waals surface area contributed by atoms with Crippen LogP contribution in [0.3, 0.4) is 0 Å². The van der Waals surface area contributed by atoms with Crippen molar-refractivity contribution in [2.45, 2.75) is 19.5 Å². The van der Waals surface area contributed by atoms with Crippen molar-refractivity contribution in [2.75, 3.05) is 5.32 Å². The van der Waals surface area contributed by atoms with E-state index in [9.17, 15) is 19.7 Å². The molecule has 12 heteroatoms. The largest absolute Gasteiger partial charge is 0.467 e. The monoisotopic (exact) mass is 387 g/mol. The fraction of sp³-hybridized carbons (Fsp3) is 0.250. The number of nitro groups is 1. The summed E-state index contributed by atoms with van der Waals surface area (Å²) in [6.45, 7) is 0.350. The van der Waals surface area contributed by atoms with Crippen LogP contribution in [0.1, 0.15) is 22.7 Å². The number of carbonyl (C=O) groups excluding carboxylic acids is 2. The molecule has 0 aliphatic heterocycles. The Balaban J connectivity index is 1.58. The summed E-state index contributed by atoms with van der Waals surface area (Å²) >= 11 is 0. The van der Waals surface area contributed by atoms with Gasteiger partial charge in [0.15, 0.2) is 0 Å². The lowest BCUT2D eigenvalue weighted by molar-refractivity contribution is -0.385. The summed E-state index contributed by atoms with van der Waals surface area (Å²) in [5.74, 6) is -0.213. The first-order chi connectivity index (χ1) is 13.4. The molecular weight excluding hydrogens is 370 g/mol. The molecule has 0 aliphatic rings. The number of anilines is 1. The number of aryl methyl sites for hydroxylation is 2. The van der Waals surface area contributed by atoms with Gasteiger partial charge in [0.2, 0.25) is 5.91 Å². The molecule has 3 rings (SSSR count). The van der Waals surface area contributed by atoms with E-state index in [4.69, 9.17) is 4.42 Å². The minimum atomic E-state index is -0.563. The third kappa shape index (κ3) is 4.41. The molecule has 0 aromatic carbocycles. The molecule has 0 atom stereocenters. The molecule has 0 saturated carbocycles. The van der Waals surface area contributed by atoms with E-state index in [1.165, 1.54) is 28.0 Å². The summed E-state index contributed by atoms with van der Waals surface area (Å²) in [6, 6.07) is 3.44. The van der Waals surface area contributed by atoms with Crippen molar-refractivity contribution in [1.29, 1.82) is 0 Å². The van der Waals surface area contributed by atoms with E-state index in [0.717, 1.165) is 6.20 Å². The second-order valence-electron chi connectivity index (χ2n) is 5.81. The molecule has 2 N–H and O–H groups in total. The lowest BCUT2D eigenvalue weighted by Gasteiger charge is -2.08. The van der Waals surface area contributed by atoms with Gasteiger partial charge in [-0.1, -0.05) is 0 Å². The first-order valence-corrected chi connectivity index (χ1v) is 8.23. The SMILES string of the molecule is Cn1ncc(NC(=O)CCn2cc([N+](=O)[O-])cn2)c1C(=O)NCc1ccco1. The van der Waals surface area contributed by atoms with Crippen LogP contribution in [0.2, 0.25) is 0 Å². The molecule has 0 radical (unpaired) electrons. The Labute approximate surface area is 158 Å². The third-order valence-corrected chi connectivity index (χ3v) is 3.83. The Morgan fingerprint density at radius 2 is 2.14 bits per heavy atom. The maximum atomic E-state index is 12.4. The van der Waals surface area contributed by atoms with Gasteiger partial charge in [0.05, 0.1) is 29.6 Å². The molecule has 0 spiro atoms. The number of amides is 2. The average Bonchev–Trinajstić information content (AvgIpc) is 3.40. The molecule has 3 heterocycles. The van der Waals surface area contributed by atoms with Gasteiger partial charge in [-0.3, -0.25) is 29.1 Å². The number of furan rings is 1. The van der Waals surface area contributed by atoms with Gasteiger partial charge in [-0.05, 0) is 12.1 Å². The predicted molar refractivity (Wildman–Crippen MR) is 95.2 cm³/mol. The van der Waals surface area contributed by atoms with Crippen molar-refractivity contribution in [3.05, 3.63) is 58.6 Å². The van der Waals surface area contributed by atoms with Gasteiger partial charge in [-0.2, -0.15) is 10.2 Å². The molecule has 12 nitrogen and oxygen atoms in total. The van der Waals surface area contributed by atoms with E-state index >= 15 is 0 Å². The molecule has 3 aromatic heterocycles. The fourth-order valence-electron chi connectivity index (χ4n) is 2.46. The molecule has 0 bridgehead atoms. The molecule has 0 fully saturated rings. The maximum absolute atomic E-state index is 12.4. The highest BCUT2D eigenvalue weighted by Crippen LogP contribution is 2.15. The number of rotatable bonds is 8. The Kier molecular flexibility index (Phi) is 5.48. The van der Waals surface area contributed by atoms with E-state index < -0.39 is 10.8 Å². The van der Waals surface area contributed by atoms with E-state index in [2.05, 4.69) is 20.8 Å². The normalized spacial score (nSPS) is 10.6. The maximum Gasteiger partial charge on any atom is 0.306 e. The number of carbonyl (C=O) groups is 2. The Morgan fingerprint density at radius 1 is 1.32 bits per heavy atom. The first-order valence-electron chi connectivity index (χ1n) is 8.23. The van der Waals surface area contributed by atoms with E-state index in [1.807, 2.05) is 0 Å². The minimum absolute atomic E-state index is 0.0151. The molecule has 0 saturated heterocycles. The lowest BCUT2D eigenvalue weighted by Crippen LogP contribution is -2.26. The molecule has 2 amide bonds. The van der Waals surface area contributed by atoms with Gasteiger partial charge in [-0.25, -0.2) is 0 Å². The summed E-state index contributed by atoms with van der Waals surface area (Å²) < 4.78 is 7.81. The van der Waals surface area contributed by atoms with Crippen molar-refractivity contribution < 1.29 is 18.9 Å². The standard InChI is InChI=1S/C16H17N7O5/c1-21-15(16(25)17-8-12-3-2-6-28-12)13(9-18-21)20-14(24)4-5-22-10-11(7-19-22)23(26)27/h2-3,6-7,9-10H,4-5,8H2,1H3,(H,17,25)(H,20,24). The summed E-state index contributed by atoms with van der Waals surface area (Å²) in [5.41, 5.74) is 0.300. The van der Waals surface area contributed by atoms with Crippen molar-refractivity contribution >= 4 is 23.2 Å². The predicted octanol–water partition coefficient (Wildman–Crippen LogP) is 1.08. The second kappa shape index (κ2) is 8.16. The van der Waals surface area contributed by atoms with Gasteiger partial charge < -0.3 is 15.1 Å². The summed E-state index contributed by atoms with van der Waals surface area (Å²) in [5, 5.41) is 23.8. The number of aromatic nitrogens is 4. The second-order valence-corrected chi connectivity index (χ2v) is 5.81. The topological polar surface area (TPSA) is 150 Å². The average molecular weight is 387 g/mol. The highest BCUT2D eigenvalue weighted by molar-refractivity contribution is 6.02. The van der Waals surface area contributed by atoms with Crippen LogP contribution in [0.15, 0.2) is 41.4 Å². The van der Waals surface area contributed by atoms with Crippen LogP contribution in [-0.2, 0) is 24.9 Å². The number of nitrogens with one attached hydrogen (secondary N) is 2. The minimum Gasteiger partial charge on any atom is -0.467 e. The van der Waals surface area contributed by atoms with Crippen LogP contribution in [0.5, 0.6) is 0 Å². The molecule has 146 valence electrons. The molecule has 0 aliphatic carbocycles. The molecule has 0 unspecified atom stereocenters. The van der Waals surface area contributed by atoms with Gasteiger partial charge in [0, 0.05) is 20.0 Å². The number of hydrogen-bond acceptors (Lipinski definition) is 7. The Morgan fingerprint density at radius 3 is 2.82 bits per heavy atom. The zero-order chi connectivity index (χ0) is 20.1. The van der Waals surface area contributed by atoms with Crippen LogP contribution in [0.25, 0.3) is 0 Å². The van der Waals surface area contributed by atoms with Crippen molar-refractivity contribution in [3.8, 4) is 0 Å². The van der Waals surface area contributed by atoms with Crippen LogP contribution in [-0.4, -0.2) is 36.3 Å². The quantitative estimate of drug-likeness (QED) is 0.433. The zero-order valence-corrected chi connectivity index (χ0v) is 14.9. The zero-order valence-electron chi connectivity index (χ0n) is 14.9. The highest BCUT2D eigenvalue weighted by atomic mass is 16.6. The molecule has 3 aromatic rings. The summed E-state index contributed by atoms with van der Waals surface area (Å²) in [7, 11) is 1.58. The van der Waals surface area contributed by atoms with Gasteiger partial charge in [0.25, 0.3) is 5.91 Å². The van der Waals surface area contributed by atoms with Gasteiger partial charge >= 0.3 is 5.69 Å². The van der Waals surface area contributed by atoms with Crippen molar-refractivity contribution in [3.63, 3.8) is 0 Å². The van der Waals surface area contributed by atoms with Crippen LogP contribution < -0.4 is 10.6 Å². The lowest BCUT2D eigenvalue weighted by atomic mass is 10.3. The summed E-state index contributed by atoms with van der Waals surface area (Å²) in [6.07, 6.45) is 5.25. The number of hydrogen-bond donors (Lipinski definition) is 2.